The standard InChI is InChI=1S/C13H26O4/c1-5-6-7-10(2)16-12(4)17-11(3)13(15)8-9-14/h5,10-15H,1,6-9H2,2-4H3/t10-,11?,12?,13?/m1/s1. The van der Waals surface area contributed by atoms with E-state index in [0.29, 0.717) is 6.42 Å². The first-order chi connectivity index (χ1) is 8.01. The number of aliphatic hydroxyl groups is 2. The first-order valence-electron chi connectivity index (χ1n) is 6.22. The number of allylic oxidation sites excluding steroid dienone is 1. The Labute approximate surface area is 104 Å². The molecule has 0 saturated carbocycles. The SMILES string of the molecule is C=CCC[C@@H](C)OC(C)OC(C)C(O)CCO. The Hall–Kier alpha value is -0.420. The van der Waals surface area contributed by atoms with E-state index in [9.17, 15) is 5.11 Å². The number of hydrogen-bond acceptors (Lipinski definition) is 4. The summed E-state index contributed by atoms with van der Waals surface area (Å²) in [5.41, 5.74) is 0. The number of rotatable bonds is 10. The largest absolute Gasteiger partial charge is 0.396 e. The summed E-state index contributed by atoms with van der Waals surface area (Å²) in [7, 11) is 0. The molecular weight excluding hydrogens is 220 g/mol. The third kappa shape index (κ3) is 8.32. The Balaban J connectivity index is 3.83. The second-order valence-electron chi connectivity index (χ2n) is 4.30. The monoisotopic (exact) mass is 246 g/mol. The maximum atomic E-state index is 9.59. The van der Waals surface area contributed by atoms with Gasteiger partial charge in [-0.2, -0.15) is 0 Å². The zero-order valence-electron chi connectivity index (χ0n) is 11.1. The predicted molar refractivity (Wildman–Crippen MR) is 67.7 cm³/mol. The van der Waals surface area contributed by atoms with Crippen LogP contribution in [0.4, 0.5) is 0 Å². The maximum absolute atomic E-state index is 9.59. The molecule has 0 aliphatic carbocycles. The van der Waals surface area contributed by atoms with Crippen molar-refractivity contribution in [3.8, 4) is 0 Å². The number of ether oxygens (including phenoxy) is 2. The van der Waals surface area contributed by atoms with E-state index in [1.165, 1.54) is 0 Å². The Morgan fingerprint density at radius 1 is 1.18 bits per heavy atom. The van der Waals surface area contributed by atoms with E-state index in [4.69, 9.17) is 14.6 Å². The summed E-state index contributed by atoms with van der Waals surface area (Å²) in [6, 6.07) is 0. The van der Waals surface area contributed by atoms with Crippen LogP contribution in [0.25, 0.3) is 0 Å². The molecule has 0 radical (unpaired) electrons. The topological polar surface area (TPSA) is 58.9 Å². The van der Waals surface area contributed by atoms with E-state index < -0.39 is 6.10 Å². The first kappa shape index (κ1) is 16.6. The van der Waals surface area contributed by atoms with Crippen LogP contribution in [-0.2, 0) is 9.47 Å². The smallest absolute Gasteiger partial charge is 0.155 e. The Bertz CT molecular complexity index is 196. The molecule has 0 amide bonds. The van der Waals surface area contributed by atoms with Gasteiger partial charge in [-0.25, -0.2) is 0 Å². The van der Waals surface area contributed by atoms with Gasteiger partial charge < -0.3 is 19.7 Å². The van der Waals surface area contributed by atoms with Crippen molar-refractivity contribution in [1.82, 2.24) is 0 Å². The molecule has 0 rings (SSSR count). The molecule has 4 heteroatoms. The molecule has 0 aromatic rings. The van der Waals surface area contributed by atoms with Crippen molar-refractivity contribution in [2.45, 2.75) is 64.6 Å². The van der Waals surface area contributed by atoms with Crippen LogP contribution >= 0.6 is 0 Å². The lowest BCUT2D eigenvalue weighted by molar-refractivity contribution is -0.197. The van der Waals surface area contributed by atoms with Crippen LogP contribution in [0.2, 0.25) is 0 Å². The summed E-state index contributed by atoms with van der Waals surface area (Å²) in [6.07, 6.45) is 2.74. The molecule has 0 saturated heterocycles. The van der Waals surface area contributed by atoms with Gasteiger partial charge in [0, 0.05) is 6.61 Å². The van der Waals surface area contributed by atoms with Gasteiger partial charge in [-0.1, -0.05) is 6.08 Å². The van der Waals surface area contributed by atoms with Gasteiger partial charge in [-0.15, -0.1) is 6.58 Å². The lowest BCUT2D eigenvalue weighted by Gasteiger charge is -2.25. The van der Waals surface area contributed by atoms with Crippen LogP contribution in [0.15, 0.2) is 12.7 Å². The van der Waals surface area contributed by atoms with Gasteiger partial charge in [0.15, 0.2) is 6.29 Å². The first-order valence-corrected chi connectivity index (χ1v) is 6.22. The van der Waals surface area contributed by atoms with Gasteiger partial charge >= 0.3 is 0 Å². The van der Waals surface area contributed by atoms with Crippen LogP contribution in [0.1, 0.15) is 40.0 Å². The van der Waals surface area contributed by atoms with Gasteiger partial charge in [-0.3, -0.25) is 0 Å². The molecule has 2 N–H and O–H groups in total. The van der Waals surface area contributed by atoms with Crippen molar-refractivity contribution in [2.24, 2.45) is 0 Å². The molecule has 4 nitrogen and oxygen atoms in total. The van der Waals surface area contributed by atoms with Gasteiger partial charge in [0.2, 0.25) is 0 Å². The fourth-order valence-electron chi connectivity index (χ4n) is 1.54. The average Bonchev–Trinajstić information content (AvgIpc) is 2.26. The summed E-state index contributed by atoms with van der Waals surface area (Å²) >= 11 is 0. The molecule has 0 aliphatic rings. The second-order valence-corrected chi connectivity index (χ2v) is 4.30. The minimum atomic E-state index is -0.658. The molecule has 4 atom stereocenters. The predicted octanol–water partition coefficient (Wildman–Crippen LogP) is 1.85. The Kier molecular flexibility index (Phi) is 9.36. The van der Waals surface area contributed by atoms with Gasteiger partial charge in [0.05, 0.1) is 18.3 Å². The minimum absolute atomic E-state index is 0.0418. The highest BCUT2D eigenvalue weighted by molar-refractivity contribution is 4.68. The van der Waals surface area contributed by atoms with Gasteiger partial charge in [-0.05, 0) is 40.0 Å². The molecular formula is C13H26O4. The summed E-state index contributed by atoms with van der Waals surface area (Å²) in [4.78, 5) is 0. The highest BCUT2D eigenvalue weighted by Gasteiger charge is 2.18. The lowest BCUT2D eigenvalue weighted by Crippen LogP contribution is -2.32. The van der Waals surface area contributed by atoms with Crippen molar-refractivity contribution in [3.05, 3.63) is 12.7 Å². The molecule has 0 aromatic carbocycles. The Morgan fingerprint density at radius 3 is 2.35 bits per heavy atom. The minimum Gasteiger partial charge on any atom is -0.396 e. The van der Waals surface area contributed by atoms with Crippen molar-refractivity contribution >= 4 is 0 Å². The van der Waals surface area contributed by atoms with E-state index in [-0.39, 0.29) is 25.1 Å². The fourth-order valence-corrected chi connectivity index (χ4v) is 1.54. The molecule has 0 bridgehead atoms. The average molecular weight is 246 g/mol. The van der Waals surface area contributed by atoms with Crippen molar-refractivity contribution < 1.29 is 19.7 Å². The highest BCUT2D eigenvalue weighted by atomic mass is 16.7. The molecule has 0 fully saturated rings. The summed E-state index contributed by atoms with van der Waals surface area (Å²) in [5, 5.41) is 18.3. The number of hydrogen-bond donors (Lipinski definition) is 2. The van der Waals surface area contributed by atoms with Crippen LogP contribution in [0.5, 0.6) is 0 Å². The molecule has 0 heterocycles. The molecule has 0 spiro atoms. The number of aliphatic hydroxyl groups excluding tert-OH is 2. The van der Waals surface area contributed by atoms with Crippen LogP contribution in [-0.4, -0.2) is 41.4 Å². The molecule has 0 aliphatic heterocycles. The van der Waals surface area contributed by atoms with E-state index in [1.54, 1.807) is 6.92 Å². The summed E-state index contributed by atoms with van der Waals surface area (Å²) in [5.74, 6) is 0. The van der Waals surface area contributed by atoms with E-state index in [0.717, 1.165) is 12.8 Å². The normalized spacial score (nSPS) is 18.4. The Morgan fingerprint density at radius 2 is 1.82 bits per heavy atom. The zero-order chi connectivity index (χ0) is 13.3. The van der Waals surface area contributed by atoms with E-state index >= 15 is 0 Å². The third-order valence-electron chi connectivity index (χ3n) is 2.57. The molecule has 17 heavy (non-hydrogen) atoms. The van der Waals surface area contributed by atoms with Crippen molar-refractivity contribution in [1.29, 1.82) is 0 Å². The summed E-state index contributed by atoms with van der Waals surface area (Å²) in [6.45, 7) is 9.19. The van der Waals surface area contributed by atoms with E-state index in [1.807, 2.05) is 19.9 Å². The van der Waals surface area contributed by atoms with Crippen LogP contribution in [0.3, 0.4) is 0 Å². The lowest BCUT2D eigenvalue weighted by atomic mass is 10.2. The molecule has 102 valence electrons. The van der Waals surface area contributed by atoms with Crippen molar-refractivity contribution in [3.63, 3.8) is 0 Å². The zero-order valence-corrected chi connectivity index (χ0v) is 11.1. The molecule has 3 unspecified atom stereocenters. The van der Waals surface area contributed by atoms with Crippen LogP contribution < -0.4 is 0 Å². The van der Waals surface area contributed by atoms with Gasteiger partial charge in [0.25, 0.3) is 0 Å². The maximum Gasteiger partial charge on any atom is 0.155 e. The van der Waals surface area contributed by atoms with E-state index in [2.05, 4.69) is 6.58 Å². The third-order valence-corrected chi connectivity index (χ3v) is 2.57. The molecule has 0 aromatic heterocycles. The second kappa shape index (κ2) is 9.59. The fraction of sp³-hybridized carbons (Fsp3) is 0.846. The highest BCUT2D eigenvalue weighted by Crippen LogP contribution is 2.11. The van der Waals surface area contributed by atoms with Crippen molar-refractivity contribution in [2.75, 3.05) is 6.61 Å². The van der Waals surface area contributed by atoms with Crippen LogP contribution in [0, 0.1) is 0 Å². The van der Waals surface area contributed by atoms with Gasteiger partial charge in [0.1, 0.15) is 0 Å². The quantitative estimate of drug-likeness (QED) is 0.456. The summed E-state index contributed by atoms with van der Waals surface area (Å²) < 4.78 is 11.1.